The number of carbonyl (C=O) groups is 1. The predicted molar refractivity (Wildman–Crippen MR) is 182 cm³/mol. The topological polar surface area (TPSA) is 63.1 Å². The van der Waals surface area contributed by atoms with Crippen molar-refractivity contribution in [2.45, 2.75) is 91.4 Å². The second-order valence-electron chi connectivity index (χ2n) is 13.0. The third kappa shape index (κ3) is 8.23. The summed E-state index contributed by atoms with van der Waals surface area (Å²) >= 11 is -1.87. The number of hydrogen-bond donors (Lipinski definition) is 1. The quantitative estimate of drug-likeness (QED) is 0.0601. The number of aliphatic hydroxyl groups excluding tert-OH is 1. The number of ketones is 1. The molecule has 0 aliphatic carbocycles. The van der Waals surface area contributed by atoms with Crippen LogP contribution in [-0.2, 0) is 24.9 Å². The summed E-state index contributed by atoms with van der Waals surface area (Å²) in [5, 5.41) is 13.7. The van der Waals surface area contributed by atoms with E-state index in [4.69, 9.17) is 0 Å². The van der Waals surface area contributed by atoms with E-state index in [1.54, 1.807) is 6.33 Å². The molecule has 4 nitrogen and oxygen atoms in total. The number of aryl methyl sites for hydroxylation is 1. The molecule has 0 unspecified atom stereocenters. The summed E-state index contributed by atoms with van der Waals surface area (Å²) in [6, 6.07) is 20.4. The first kappa shape index (κ1) is 36.9. The molecule has 0 bridgehead atoms. The molecule has 0 spiro atoms. The molecule has 0 amide bonds. The Bertz CT molecular complexity index is 1570. The minimum absolute atomic E-state index is 0. The van der Waals surface area contributed by atoms with Crippen molar-refractivity contribution in [2.24, 2.45) is 10.8 Å². The van der Waals surface area contributed by atoms with Crippen LogP contribution in [0.5, 0.6) is 0 Å². The number of benzene rings is 3. The van der Waals surface area contributed by atoms with Gasteiger partial charge in [0.1, 0.15) is 5.76 Å². The molecule has 233 valence electrons. The number of nitrogens with zero attached hydrogens (tertiary/aromatic N) is 2. The maximum Gasteiger partial charge on any atom is 0 e. The molecule has 0 fully saturated rings. The van der Waals surface area contributed by atoms with Crippen molar-refractivity contribution >= 4 is 45.1 Å². The van der Waals surface area contributed by atoms with E-state index >= 15 is 0 Å². The van der Waals surface area contributed by atoms with Gasteiger partial charge in [0.15, 0.2) is 5.78 Å². The molecule has 1 radical (unpaired) electrons. The Morgan fingerprint density at radius 2 is 1.56 bits per heavy atom. The van der Waals surface area contributed by atoms with Crippen molar-refractivity contribution in [3.05, 3.63) is 78.3 Å². The van der Waals surface area contributed by atoms with E-state index in [-0.39, 0.29) is 42.5 Å². The summed E-state index contributed by atoms with van der Waals surface area (Å²) in [5.41, 5.74) is 3.69. The molecule has 0 atom stereocenters. The summed E-state index contributed by atoms with van der Waals surface area (Å²) in [6.45, 7) is 14.3. The number of rotatable bonds is 9. The van der Waals surface area contributed by atoms with Crippen LogP contribution >= 0.6 is 0 Å². The third-order valence-electron chi connectivity index (χ3n) is 9.35. The Hall–Kier alpha value is -2.34. The summed E-state index contributed by atoms with van der Waals surface area (Å²) in [6.07, 6.45) is 6.43. The van der Waals surface area contributed by atoms with Crippen LogP contribution in [0, 0.1) is 23.8 Å². The van der Waals surface area contributed by atoms with E-state index in [2.05, 4.69) is 70.6 Å². The van der Waals surface area contributed by atoms with E-state index in [0.717, 1.165) is 47.8 Å². The maximum absolute atomic E-state index is 12.2. The van der Waals surface area contributed by atoms with Crippen LogP contribution < -0.4 is 4.40 Å². The minimum Gasteiger partial charge on any atom is 0 e. The molecular formula is C37H49GeIrN2O2-. The van der Waals surface area contributed by atoms with Crippen molar-refractivity contribution in [3.8, 4) is 11.3 Å². The first-order valence-electron chi connectivity index (χ1n) is 15.4. The van der Waals surface area contributed by atoms with Gasteiger partial charge < -0.3 is 5.11 Å². The number of aromatic nitrogens is 2. The van der Waals surface area contributed by atoms with Crippen molar-refractivity contribution in [2.75, 3.05) is 0 Å². The average Bonchev–Trinajstić information content (AvgIpc) is 2.99. The summed E-state index contributed by atoms with van der Waals surface area (Å²) < 4.78 is 1.54. The van der Waals surface area contributed by atoms with Crippen LogP contribution in [0.4, 0.5) is 0 Å². The van der Waals surface area contributed by atoms with Gasteiger partial charge in [0.25, 0.3) is 0 Å². The van der Waals surface area contributed by atoms with E-state index in [1.807, 2.05) is 59.7 Å². The molecular weight excluding hydrogens is 769 g/mol. The molecule has 4 aromatic rings. The standard InChI is InChI=1S/C22H21GeN2.C15H28O2.Ir/c1-15-12-18(23(2,3)4)13-17-10-11-19-21(16-8-6-5-7-9-16)24-14-25-22(19)20(15)17;1-7-14(5,8-2)12(16)11-13(17)15(6,9-3)10-4;/h5-8,10-14H,1-4H3;11,16H,7-10H2,1-6H3;/q-1;;/b;12-11-;. The second kappa shape index (κ2) is 15.1. The van der Waals surface area contributed by atoms with E-state index in [9.17, 15) is 9.90 Å². The Balaban J connectivity index is 0.000000318. The molecule has 1 aromatic heterocycles. The van der Waals surface area contributed by atoms with Crippen LogP contribution in [0.3, 0.4) is 0 Å². The van der Waals surface area contributed by atoms with E-state index in [1.165, 1.54) is 26.8 Å². The maximum atomic E-state index is 12.2. The first-order valence-corrected chi connectivity index (χ1v) is 22.7. The fourth-order valence-corrected chi connectivity index (χ4v) is 7.66. The zero-order valence-corrected chi connectivity index (χ0v) is 32.2. The fraction of sp³-hybridized carbons (Fsp3) is 0.432. The van der Waals surface area contributed by atoms with Crippen molar-refractivity contribution in [3.63, 3.8) is 0 Å². The van der Waals surface area contributed by atoms with Gasteiger partial charge in [-0.05, 0) is 25.7 Å². The van der Waals surface area contributed by atoms with Gasteiger partial charge in [-0.3, -0.25) is 4.79 Å². The largest absolute Gasteiger partial charge is 0 e. The van der Waals surface area contributed by atoms with Crippen LogP contribution in [0.25, 0.3) is 32.9 Å². The van der Waals surface area contributed by atoms with Gasteiger partial charge in [-0.15, -0.1) is 0 Å². The predicted octanol–water partition coefficient (Wildman–Crippen LogP) is 9.75. The van der Waals surface area contributed by atoms with Crippen LogP contribution in [-0.4, -0.2) is 34.1 Å². The number of hydrogen-bond acceptors (Lipinski definition) is 4. The number of aliphatic hydroxyl groups is 1. The summed E-state index contributed by atoms with van der Waals surface area (Å²) in [4.78, 5) is 21.4. The molecule has 0 aliphatic heterocycles. The van der Waals surface area contributed by atoms with Gasteiger partial charge in [0, 0.05) is 37.0 Å². The minimum atomic E-state index is -1.87. The fourth-order valence-electron chi connectivity index (χ4n) is 5.07. The molecule has 3 aromatic carbocycles. The van der Waals surface area contributed by atoms with Gasteiger partial charge in [-0.1, -0.05) is 41.5 Å². The summed E-state index contributed by atoms with van der Waals surface area (Å²) in [5.74, 6) is 7.60. The smallest absolute Gasteiger partial charge is 0 e. The van der Waals surface area contributed by atoms with Gasteiger partial charge in [0.05, 0.1) is 0 Å². The molecule has 6 heteroatoms. The number of carbonyl (C=O) groups excluding carboxylic acids is 1. The molecule has 1 heterocycles. The molecule has 0 saturated heterocycles. The van der Waals surface area contributed by atoms with Gasteiger partial charge in [-0.2, -0.15) is 0 Å². The van der Waals surface area contributed by atoms with E-state index in [0.29, 0.717) is 0 Å². The zero-order chi connectivity index (χ0) is 31.3. The third-order valence-corrected chi connectivity index (χ3v) is 13.6. The monoisotopic (exact) mass is 820 g/mol. The normalized spacial score (nSPS) is 12.5. The molecule has 1 N–H and O–H groups in total. The van der Waals surface area contributed by atoms with Crippen LogP contribution in [0.15, 0.2) is 66.7 Å². The molecule has 0 saturated carbocycles. The van der Waals surface area contributed by atoms with Crippen LogP contribution in [0.2, 0.25) is 17.3 Å². The van der Waals surface area contributed by atoms with Crippen molar-refractivity contribution in [1.82, 2.24) is 9.97 Å². The average molecular weight is 819 g/mol. The van der Waals surface area contributed by atoms with Gasteiger partial charge in [0.2, 0.25) is 0 Å². The molecule has 4 rings (SSSR count). The SMILES string of the molecule is CCC(C)(CC)C(=O)/C=C(\O)C(C)(CC)CC.Cc1c[c]([Ge]([CH3])([CH3])[CH3])cc2ccc3c(-c4[c-]cccc4)ncnc3c12.[Ir]. The Kier molecular flexibility index (Phi) is 12.9. The van der Waals surface area contributed by atoms with Crippen molar-refractivity contribution in [1.29, 1.82) is 0 Å². The Morgan fingerprint density at radius 3 is 2.09 bits per heavy atom. The molecule has 0 aliphatic rings. The van der Waals surface area contributed by atoms with Gasteiger partial charge in [-0.25, -0.2) is 0 Å². The van der Waals surface area contributed by atoms with Gasteiger partial charge >= 0.3 is 151 Å². The van der Waals surface area contributed by atoms with Crippen molar-refractivity contribution < 1.29 is 30.0 Å². The molecule has 43 heavy (non-hydrogen) atoms. The zero-order valence-electron chi connectivity index (χ0n) is 27.7. The summed E-state index contributed by atoms with van der Waals surface area (Å²) in [7, 11) is 0. The van der Waals surface area contributed by atoms with Crippen LogP contribution in [0.1, 0.15) is 72.8 Å². The second-order valence-corrected chi connectivity index (χ2v) is 23.7. The Morgan fingerprint density at radius 1 is 0.930 bits per heavy atom. The van der Waals surface area contributed by atoms with E-state index < -0.39 is 13.3 Å². The first-order chi connectivity index (χ1) is 19.7. The number of fused-ring (bicyclic) bond motifs is 3. The number of allylic oxidation sites excluding steroid dienone is 2. The Labute approximate surface area is 275 Å².